The van der Waals surface area contributed by atoms with Crippen molar-refractivity contribution in [3.8, 4) is 0 Å². The summed E-state index contributed by atoms with van der Waals surface area (Å²) in [4.78, 5) is 0. The number of piperidine rings is 1. The van der Waals surface area contributed by atoms with E-state index in [1.165, 1.54) is 12.8 Å². The molecule has 2 aliphatic rings. The molecule has 0 saturated carbocycles. The normalized spacial score (nSPS) is 35.9. The van der Waals surface area contributed by atoms with E-state index in [9.17, 15) is 0 Å². The van der Waals surface area contributed by atoms with Crippen molar-refractivity contribution in [2.45, 2.75) is 31.8 Å². The molecule has 0 amide bonds. The molecule has 13 heavy (non-hydrogen) atoms. The third kappa shape index (κ3) is 0.969. The number of nitrogens with one attached hydrogen (secondary N) is 1. The highest BCUT2D eigenvalue weighted by Crippen LogP contribution is 2.45. The maximum atomic E-state index is 3.71. The van der Waals surface area contributed by atoms with Crippen LogP contribution in [0.15, 0.2) is 24.3 Å². The molecule has 1 aromatic rings. The van der Waals surface area contributed by atoms with Crippen LogP contribution in [0.25, 0.3) is 0 Å². The zero-order valence-electron chi connectivity index (χ0n) is 7.96. The van der Waals surface area contributed by atoms with Crippen LogP contribution in [0, 0.1) is 5.92 Å². The van der Waals surface area contributed by atoms with Crippen molar-refractivity contribution in [2.75, 3.05) is 0 Å². The minimum atomic E-state index is 0.634. The summed E-state index contributed by atoms with van der Waals surface area (Å²) in [5.74, 6) is 0.805. The van der Waals surface area contributed by atoms with E-state index < -0.39 is 0 Å². The highest BCUT2D eigenvalue weighted by Gasteiger charge is 2.36. The highest BCUT2D eigenvalue weighted by molar-refractivity contribution is 5.38. The van der Waals surface area contributed by atoms with Crippen LogP contribution in [0.1, 0.15) is 43.0 Å². The molecule has 1 saturated heterocycles. The standard InChI is InChI=1S/C12H15N/c1-8-6-7-11-9-4-2-3-5-10(9)12(8)13-11/h2-5,8,11-13H,6-7H2,1H3/t8-,11-,12+/m1/s1. The van der Waals surface area contributed by atoms with Crippen LogP contribution in [-0.4, -0.2) is 0 Å². The molecule has 1 nitrogen and oxygen atoms in total. The minimum Gasteiger partial charge on any atom is -0.303 e. The van der Waals surface area contributed by atoms with Crippen LogP contribution >= 0.6 is 0 Å². The second-order valence-electron chi connectivity index (χ2n) is 4.38. The molecule has 2 aliphatic heterocycles. The Morgan fingerprint density at radius 3 is 2.77 bits per heavy atom. The van der Waals surface area contributed by atoms with Crippen LogP contribution in [0.4, 0.5) is 0 Å². The van der Waals surface area contributed by atoms with Gasteiger partial charge >= 0.3 is 0 Å². The number of rotatable bonds is 0. The van der Waals surface area contributed by atoms with Gasteiger partial charge < -0.3 is 5.32 Å². The average molecular weight is 173 g/mol. The predicted molar refractivity (Wildman–Crippen MR) is 53.5 cm³/mol. The Hall–Kier alpha value is -0.820. The molecule has 1 fully saturated rings. The largest absolute Gasteiger partial charge is 0.303 e. The smallest absolute Gasteiger partial charge is 0.0354 e. The van der Waals surface area contributed by atoms with E-state index in [1.807, 2.05) is 0 Å². The first-order valence-electron chi connectivity index (χ1n) is 5.21. The highest BCUT2D eigenvalue weighted by atomic mass is 15.0. The summed E-state index contributed by atoms with van der Waals surface area (Å²) < 4.78 is 0. The van der Waals surface area contributed by atoms with E-state index >= 15 is 0 Å². The molecule has 0 spiro atoms. The Morgan fingerprint density at radius 2 is 1.92 bits per heavy atom. The fraction of sp³-hybridized carbons (Fsp3) is 0.500. The second kappa shape index (κ2) is 2.58. The maximum Gasteiger partial charge on any atom is 0.0354 e. The maximum absolute atomic E-state index is 3.71. The molecule has 0 aromatic heterocycles. The molecule has 0 unspecified atom stereocenters. The predicted octanol–water partition coefficient (Wildman–Crippen LogP) is 2.80. The Morgan fingerprint density at radius 1 is 1.15 bits per heavy atom. The lowest BCUT2D eigenvalue weighted by Crippen LogP contribution is -2.28. The molecular formula is C12H15N. The summed E-state index contributed by atoms with van der Waals surface area (Å²) >= 11 is 0. The number of hydrogen-bond donors (Lipinski definition) is 1. The van der Waals surface area contributed by atoms with Crippen molar-refractivity contribution in [1.82, 2.24) is 5.32 Å². The van der Waals surface area contributed by atoms with E-state index in [4.69, 9.17) is 0 Å². The lowest BCUT2D eigenvalue weighted by Gasteiger charge is -2.27. The molecule has 2 bridgehead atoms. The fourth-order valence-electron chi connectivity index (χ4n) is 2.81. The number of fused-ring (bicyclic) bond motifs is 5. The molecule has 1 aromatic carbocycles. The van der Waals surface area contributed by atoms with Crippen molar-refractivity contribution in [3.05, 3.63) is 35.4 Å². The summed E-state index contributed by atoms with van der Waals surface area (Å²) in [6.45, 7) is 2.36. The van der Waals surface area contributed by atoms with E-state index in [1.54, 1.807) is 11.1 Å². The Bertz CT molecular complexity index is 332. The van der Waals surface area contributed by atoms with Gasteiger partial charge in [-0.25, -0.2) is 0 Å². The van der Waals surface area contributed by atoms with Crippen molar-refractivity contribution < 1.29 is 0 Å². The molecule has 1 N–H and O–H groups in total. The molecule has 2 heterocycles. The van der Waals surface area contributed by atoms with Crippen LogP contribution in [0.2, 0.25) is 0 Å². The second-order valence-corrected chi connectivity index (χ2v) is 4.38. The zero-order chi connectivity index (χ0) is 8.84. The summed E-state index contributed by atoms with van der Waals surface area (Å²) in [6.07, 6.45) is 2.69. The van der Waals surface area contributed by atoms with Gasteiger partial charge in [0, 0.05) is 12.1 Å². The van der Waals surface area contributed by atoms with Gasteiger partial charge in [0.25, 0.3) is 0 Å². The Kier molecular flexibility index (Phi) is 1.50. The third-order valence-corrected chi connectivity index (χ3v) is 3.57. The minimum absolute atomic E-state index is 0.634. The van der Waals surface area contributed by atoms with Gasteiger partial charge in [0.2, 0.25) is 0 Å². The lowest BCUT2D eigenvalue weighted by atomic mass is 9.92. The first-order chi connectivity index (χ1) is 6.36. The molecule has 0 aliphatic carbocycles. The zero-order valence-corrected chi connectivity index (χ0v) is 7.96. The monoisotopic (exact) mass is 173 g/mol. The van der Waals surface area contributed by atoms with Crippen molar-refractivity contribution in [1.29, 1.82) is 0 Å². The first kappa shape index (κ1) is 7.57. The lowest BCUT2D eigenvalue weighted by molar-refractivity contribution is 0.281. The molecule has 3 atom stereocenters. The van der Waals surface area contributed by atoms with E-state index in [0.717, 1.165) is 5.92 Å². The Balaban J connectivity index is 2.13. The van der Waals surface area contributed by atoms with Crippen LogP contribution in [0.5, 0.6) is 0 Å². The number of benzene rings is 1. The van der Waals surface area contributed by atoms with Crippen molar-refractivity contribution in [3.63, 3.8) is 0 Å². The molecule has 3 rings (SSSR count). The van der Waals surface area contributed by atoms with Gasteiger partial charge in [-0.2, -0.15) is 0 Å². The summed E-state index contributed by atoms with van der Waals surface area (Å²) in [5, 5.41) is 3.71. The summed E-state index contributed by atoms with van der Waals surface area (Å²) in [5.41, 5.74) is 3.11. The molecule has 1 heteroatoms. The van der Waals surface area contributed by atoms with Crippen LogP contribution < -0.4 is 5.32 Å². The van der Waals surface area contributed by atoms with Gasteiger partial charge in [-0.3, -0.25) is 0 Å². The van der Waals surface area contributed by atoms with Crippen LogP contribution in [-0.2, 0) is 0 Å². The molecule has 68 valence electrons. The quantitative estimate of drug-likeness (QED) is 0.636. The van der Waals surface area contributed by atoms with E-state index in [2.05, 4.69) is 36.5 Å². The molecule has 0 radical (unpaired) electrons. The first-order valence-corrected chi connectivity index (χ1v) is 5.21. The summed E-state index contributed by atoms with van der Waals surface area (Å²) in [7, 11) is 0. The van der Waals surface area contributed by atoms with Crippen molar-refractivity contribution in [2.24, 2.45) is 5.92 Å². The van der Waals surface area contributed by atoms with E-state index in [0.29, 0.717) is 12.1 Å². The topological polar surface area (TPSA) is 12.0 Å². The molecular weight excluding hydrogens is 158 g/mol. The third-order valence-electron chi connectivity index (χ3n) is 3.57. The van der Waals surface area contributed by atoms with Crippen LogP contribution in [0.3, 0.4) is 0 Å². The summed E-state index contributed by atoms with van der Waals surface area (Å²) in [6, 6.07) is 10.2. The SMILES string of the molecule is C[C@@H]1CC[C@H]2N[C@@H]1c1ccccc12. The number of hydrogen-bond acceptors (Lipinski definition) is 1. The van der Waals surface area contributed by atoms with Gasteiger partial charge in [-0.05, 0) is 29.9 Å². The van der Waals surface area contributed by atoms with Gasteiger partial charge in [0.05, 0.1) is 0 Å². The van der Waals surface area contributed by atoms with Gasteiger partial charge in [0.1, 0.15) is 0 Å². The average Bonchev–Trinajstić information content (AvgIpc) is 2.48. The van der Waals surface area contributed by atoms with Gasteiger partial charge in [-0.15, -0.1) is 0 Å². The Labute approximate surface area is 79.2 Å². The van der Waals surface area contributed by atoms with Gasteiger partial charge in [0.15, 0.2) is 0 Å². The fourth-order valence-corrected chi connectivity index (χ4v) is 2.81. The van der Waals surface area contributed by atoms with E-state index in [-0.39, 0.29) is 0 Å². The van der Waals surface area contributed by atoms with Crippen molar-refractivity contribution >= 4 is 0 Å². The van der Waals surface area contributed by atoms with Gasteiger partial charge in [-0.1, -0.05) is 31.2 Å².